The topological polar surface area (TPSA) is 88.8 Å². The molecule has 1 aromatic rings. The van der Waals surface area contributed by atoms with Crippen molar-refractivity contribution in [2.45, 2.75) is 6.92 Å². The number of pyridine rings is 1. The second-order valence-electron chi connectivity index (χ2n) is 5.05. The van der Waals surface area contributed by atoms with E-state index < -0.39 is 5.97 Å². The SMILES string of the molecule is CCOC(=O)c1cccc(C(=O)N2CCN(CCN)CC2)n1. The molecular formula is C15H22N4O3. The van der Waals surface area contributed by atoms with Gasteiger partial charge in [-0.25, -0.2) is 9.78 Å². The zero-order chi connectivity index (χ0) is 15.9. The molecule has 1 aliphatic rings. The fourth-order valence-corrected chi connectivity index (χ4v) is 2.39. The Kier molecular flexibility index (Phi) is 5.85. The standard InChI is InChI=1S/C15H22N4O3/c1-2-22-15(21)13-5-3-4-12(17-13)14(20)19-10-8-18(7-6-16)9-11-19/h3-5H,2,6-11,16H2,1H3. The lowest BCUT2D eigenvalue weighted by atomic mass is 10.2. The highest BCUT2D eigenvalue weighted by Crippen LogP contribution is 2.08. The molecule has 2 rings (SSSR count). The van der Waals surface area contributed by atoms with E-state index in [1.807, 2.05) is 0 Å². The molecule has 0 radical (unpaired) electrons. The van der Waals surface area contributed by atoms with E-state index in [0.717, 1.165) is 19.6 Å². The lowest BCUT2D eigenvalue weighted by Crippen LogP contribution is -2.49. The summed E-state index contributed by atoms with van der Waals surface area (Å²) in [6.45, 7) is 6.38. The summed E-state index contributed by atoms with van der Waals surface area (Å²) in [4.78, 5) is 32.3. The van der Waals surface area contributed by atoms with Crippen LogP contribution in [0.15, 0.2) is 18.2 Å². The van der Waals surface area contributed by atoms with E-state index >= 15 is 0 Å². The summed E-state index contributed by atoms with van der Waals surface area (Å²) in [5.74, 6) is -0.663. The highest BCUT2D eigenvalue weighted by Gasteiger charge is 2.23. The Bertz CT molecular complexity index is 527. The maximum absolute atomic E-state index is 12.5. The summed E-state index contributed by atoms with van der Waals surface area (Å²) in [7, 11) is 0. The molecule has 120 valence electrons. The van der Waals surface area contributed by atoms with Crippen LogP contribution in [0, 0.1) is 0 Å². The van der Waals surface area contributed by atoms with Crippen LogP contribution in [0.4, 0.5) is 0 Å². The molecule has 1 aromatic heterocycles. The van der Waals surface area contributed by atoms with Gasteiger partial charge in [0, 0.05) is 39.3 Å². The van der Waals surface area contributed by atoms with Gasteiger partial charge in [0.1, 0.15) is 11.4 Å². The second-order valence-corrected chi connectivity index (χ2v) is 5.05. The van der Waals surface area contributed by atoms with Crippen molar-refractivity contribution in [3.8, 4) is 0 Å². The van der Waals surface area contributed by atoms with Gasteiger partial charge in [0.05, 0.1) is 6.61 Å². The fourth-order valence-electron chi connectivity index (χ4n) is 2.39. The van der Waals surface area contributed by atoms with Gasteiger partial charge in [0.25, 0.3) is 5.91 Å². The van der Waals surface area contributed by atoms with Crippen LogP contribution in [0.3, 0.4) is 0 Å². The molecule has 22 heavy (non-hydrogen) atoms. The van der Waals surface area contributed by atoms with Gasteiger partial charge in [0.15, 0.2) is 0 Å². The van der Waals surface area contributed by atoms with Crippen molar-refractivity contribution in [2.24, 2.45) is 5.73 Å². The first-order valence-corrected chi connectivity index (χ1v) is 7.51. The number of nitrogens with two attached hydrogens (primary N) is 1. The van der Waals surface area contributed by atoms with Gasteiger partial charge in [-0.05, 0) is 19.1 Å². The van der Waals surface area contributed by atoms with Crippen molar-refractivity contribution in [3.63, 3.8) is 0 Å². The number of aromatic nitrogens is 1. The van der Waals surface area contributed by atoms with Gasteiger partial charge in [0.2, 0.25) is 0 Å². The molecule has 1 amide bonds. The van der Waals surface area contributed by atoms with Crippen molar-refractivity contribution >= 4 is 11.9 Å². The molecule has 7 heteroatoms. The summed E-state index contributed by atoms with van der Waals surface area (Å²) in [5, 5.41) is 0. The molecule has 0 aromatic carbocycles. The average molecular weight is 306 g/mol. The number of amides is 1. The number of ether oxygens (including phenoxy) is 1. The van der Waals surface area contributed by atoms with Crippen molar-refractivity contribution in [1.82, 2.24) is 14.8 Å². The number of rotatable bonds is 5. The Labute approximate surface area is 130 Å². The third kappa shape index (κ3) is 4.02. The van der Waals surface area contributed by atoms with E-state index in [9.17, 15) is 9.59 Å². The van der Waals surface area contributed by atoms with Gasteiger partial charge >= 0.3 is 5.97 Å². The smallest absolute Gasteiger partial charge is 0.356 e. The zero-order valence-electron chi connectivity index (χ0n) is 12.8. The van der Waals surface area contributed by atoms with Crippen LogP contribution in [0.1, 0.15) is 27.9 Å². The van der Waals surface area contributed by atoms with Crippen LogP contribution in [0.2, 0.25) is 0 Å². The summed E-state index contributed by atoms with van der Waals surface area (Å²) in [6, 6.07) is 4.82. The minimum atomic E-state index is -0.509. The maximum Gasteiger partial charge on any atom is 0.356 e. The van der Waals surface area contributed by atoms with Gasteiger partial charge in [-0.15, -0.1) is 0 Å². The van der Waals surface area contributed by atoms with Crippen LogP contribution >= 0.6 is 0 Å². The van der Waals surface area contributed by atoms with Crippen molar-refractivity contribution in [2.75, 3.05) is 45.9 Å². The summed E-state index contributed by atoms with van der Waals surface area (Å²) < 4.78 is 4.90. The second kappa shape index (κ2) is 7.86. The van der Waals surface area contributed by atoms with E-state index in [-0.39, 0.29) is 23.9 Å². The number of carbonyl (C=O) groups is 2. The van der Waals surface area contributed by atoms with Crippen LogP contribution in [-0.4, -0.2) is 72.5 Å². The van der Waals surface area contributed by atoms with E-state index in [0.29, 0.717) is 19.6 Å². The first-order chi connectivity index (χ1) is 10.7. The van der Waals surface area contributed by atoms with Crippen molar-refractivity contribution < 1.29 is 14.3 Å². The number of hydrogen-bond acceptors (Lipinski definition) is 6. The molecule has 0 unspecified atom stereocenters. The highest BCUT2D eigenvalue weighted by molar-refractivity contribution is 5.94. The van der Waals surface area contributed by atoms with Gasteiger partial charge in [-0.2, -0.15) is 0 Å². The number of nitrogens with zero attached hydrogens (tertiary/aromatic N) is 3. The summed E-state index contributed by atoms with van der Waals surface area (Å²) in [5.41, 5.74) is 5.98. The van der Waals surface area contributed by atoms with Gasteiger partial charge in [-0.3, -0.25) is 9.69 Å². The zero-order valence-corrected chi connectivity index (χ0v) is 12.8. The van der Waals surface area contributed by atoms with E-state index in [2.05, 4.69) is 9.88 Å². The Morgan fingerprint density at radius 3 is 2.55 bits per heavy atom. The predicted molar refractivity (Wildman–Crippen MR) is 81.6 cm³/mol. The molecule has 0 atom stereocenters. The van der Waals surface area contributed by atoms with Crippen LogP contribution in [0.25, 0.3) is 0 Å². The predicted octanol–water partition coefficient (Wildman–Crippen LogP) is -0.0252. The molecule has 0 bridgehead atoms. The minimum absolute atomic E-state index is 0.154. The minimum Gasteiger partial charge on any atom is -0.461 e. The highest BCUT2D eigenvalue weighted by atomic mass is 16.5. The average Bonchev–Trinajstić information content (AvgIpc) is 2.55. The van der Waals surface area contributed by atoms with Crippen LogP contribution in [0.5, 0.6) is 0 Å². The lowest BCUT2D eigenvalue weighted by Gasteiger charge is -2.34. The largest absolute Gasteiger partial charge is 0.461 e. The van der Waals surface area contributed by atoms with E-state index in [1.165, 1.54) is 0 Å². The van der Waals surface area contributed by atoms with E-state index in [1.54, 1.807) is 30.0 Å². The first kappa shape index (κ1) is 16.4. The molecule has 1 saturated heterocycles. The van der Waals surface area contributed by atoms with Crippen LogP contribution in [-0.2, 0) is 4.74 Å². The lowest BCUT2D eigenvalue weighted by molar-refractivity contribution is 0.0519. The Balaban J connectivity index is 2.01. The van der Waals surface area contributed by atoms with Gasteiger partial charge < -0.3 is 15.4 Å². The molecule has 0 aliphatic carbocycles. The molecule has 0 saturated carbocycles. The first-order valence-electron chi connectivity index (χ1n) is 7.51. The number of carbonyl (C=O) groups excluding carboxylic acids is 2. The third-order valence-electron chi connectivity index (χ3n) is 3.56. The maximum atomic E-state index is 12.5. The number of esters is 1. The molecular weight excluding hydrogens is 284 g/mol. The van der Waals surface area contributed by atoms with Crippen molar-refractivity contribution in [1.29, 1.82) is 0 Å². The van der Waals surface area contributed by atoms with Gasteiger partial charge in [-0.1, -0.05) is 6.07 Å². The molecule has 0 spiro atoms. The number of hydrogen-bond donors (Lipinski definition) is 1. The summed E-state index contributed by atoms with van der Waals surface area (Å²) >= 11 is 0. The Morgan fingerprint density at radius 1 is 1.23 bits per heavy atom. The molecule has 7 nitrogen and oxygen atoms in total. The third-order valence-corrected chi connectivity index (χ3v) is 3.56. The fraction of sp³-hybridized carbons (Fsp3) is 0.533. The number of piperazine rings is 1. The van der Waals surface area contributed by atoms with Crippen molar-refractivity contribution in [3.05, 3.63) is 29.6 Å². The Hall–Kier alpha value is -1.99. The molecule has 2 N–H and O–H groups in total. The normalized spacial score (nSPS) is 15.6. The van der Waals surface area contributed by atoms with E-state index in [4.69, 9.17) is 10.5 Å². The molecule has 1 aliphatic heterocycles. The Morgan fingerprint density at radius 2 is 1.91 bits per heavy atom. The monoisotopic (exact) mass is 306 g/mol. The molecule has 1 fully saturated rings. The summed E-state index contributed by atoms with van der Waals surface area (Å²) in [6.07, 6.45) is 0. The quantitative estimate of drug-likeness (QED) is 0.769. The molecule has 2 heterocycles. The van der Waals surface area contributed by atoms with Crippen LogP contribution < -0.4 is 5.73 Å².